The number of methoxy groups -OCH3 is 1. The van der Waals surface area contributed by atoms with E-state index >= 15 is 0 Å². The largest absolute Gasteiger partial charge is 0.383 e. The molecule has 2 bridgehead atoms. The number of nitrogens with zero attached hydrogens (tertiary/aromatic N) is 3. The van der Waals surface area contributed by atoms with Crippen LogP contribution in [0.15, 0.2) is 12.2 Å². The van der Waals surface area contributed by atoms with E-state index in [0.717, 1.165) is 23.3 Å². The summed E-state index contributed by atoms with van der Waals surface area (Å²) >= 11 is 1.49. The number of amides is 3. The van der Waals surface area contributed by atoms with Crippen molar-refractivity contribution in [3.63, 3.8) is 0 Å². The molecule has 1 fully saturated rings. The van der Waals surface area contributed by atoms with Crippen molar-refractivity contribution in [2.45, 2.75) is 25.8 Å². The Morgan fingerprint density at radius 2 is 2.07 bits per heavy atom. The summed E-state index contributed by atoms with van der Waals surface area (Å²) in [7, 11) is 3.28. The fourth-order valence-electron chi connectivity index (χ4n) is 5.36. The number of ether oxygens (including phenoxy) is 1. The van der Waals surface area contributed by atoms with E-state index in [4.69, 9.17) is 4.74 Å². The van der Waals surface area contributed by atoms with Crippen LogP contribution in [0.25, 0.3) is 0 Å². The summed E-state index contributed by atoms with van der Waals surface area (Å²) in [6.07, 6.45) is 7.21. The second-order valence-corrected chi connectivity index (χ2v) is 9.86. The Hall–Kier alpha value is -2.19. The van der Waals surface area contributed by atoms with Gasteiger partial charge in [0.2, 0.25) is 11.8 Å². The smallest absolute Gasteiger partial charge is 0.257 e. The molecule has 0 unspecified atom stereocenters. The van der Waals surface area contributed by atoms with Crippen molar-refractivity contribution in [1.82, 2.24) is 9.80 Å². The van der Waals surface area contributed by atoms with Crippen LogP contribution in [0.5, 0.6) is 0 Å². The first kappa shape index (κ1) is 19.8. The second kappa shape index (κ2) is 7.50. The number of allylic oxidation sites excluding steroid dienone is 2. The van der Waals surface area contributed by atoms with Gasteiger partial charge < -0.3 is 14.5 Å². The lowest BCUT2D eigenvalue weighted by Crippen LogP contribution is -2.41. The third kappa shape index (κ3) is 3.08. The van der Waals surface area contributed by atoms with Gasteiger partial charge >= 0.3 is 0 Å². The number of carbonyl (C=O) groups is 3. The normalized spacial score (nSPS) is 27.5. The van der Waals surface area contributed by atoms with Gasteiger partial charge in [-0.15, -0.1) is 11.3 Å². The molecule has 0 saturated heterocycles. The Balaban J connectivity index is 1.44. The average molecular weight is 430 g/mol. The lowest BCUT2D eigenvalue weighted by atomic mass is 9.91. The molecular formula is C22H27N3O4S. The fraction of sp³-hybridized carbons (Fsp3) is 0.591. The van der Waals surface area contributed by atoms with Crippen molar-refractivity contribution in [2.75, 3.05) is 45.3 Å². The van der Waals surface area contributed by atoms with Crippen molar-refractivity contribution in [2.24, 2.45) is 17.8 Å². The number of anilines is 1. The Kier molecular flexibility index (Phi) is 4.94. The Labute approximate surface area is 180 Å². The van der Waals surface area contributed by atoms with Crippen molar-refractivity contribution in [1.29, 1.82) is 0 Å². The van der Waals surface area contributed by atoms with Gasteiger partial charge in [0.05, 0.1) is 25.3 Å². The monoisotopic (exact) mass is 429 g/mol. The van der Waals surface area contributed by atoms with Crippen molar-refractivity contribution < 1.29 is 19.1 Å². The molecule has 7 nitrogen and oxygen atoms in total. The zero-order chi connectivity index (χ0) is 21.0. The molecule has 3 heterocycles. The maximum absolute atomic E-state index is 13.2. The van der Waals surface area contributed by atoms with Gasteiger partial charge in [0.25, 0.3) is 5.91 Å². The number of hydrogen-bond acceptors (Lipinski definition) is 5. The van der Waals surface area contributed by atoms with Crippen molar-refractivity contribution in [3.8, 4) is 0 Å². The SMILES string of the molecule is COCCN1C(=O)CN(C)C(=O)c2c1sc1c2CCN(C(=O)[C@@H]2C[C@@H]3C=C[C@H]2C3)C1. The summed E-state index contributed by atoms with van der Waals surface area (Å²) in [4.78, 5) is 45.3. The van der Waals surface area contributed by atoms with Gasteiger partial charge in [-0.05, 0) is 36.7 Å². The van der Waals surface area contributed by atoms with Gasteiger partial charge in [0, 0.05) is 31.5 Å². The second-order valence-electron chi connectivity index (χ2n) is 8.78. The van der Waals surface area contributed by atoms with Gasteiger partial charge in [-0.1, -0.05) is 12.2 Å². The number of fused-ring (bicyclic) bond motifs is 5. The van der Waals surface area contributed by atoms with Crippen molar-refractivity contribution in [3.05, 3.63) is 28.2 Å². The van der Waals surface area contributed by atoms with Crippen LogP contribution in [0.2, 0.25) is 0 Å². The Morgan fingerprint density at radius 1 is 1.23 bits per heavy atom. The van der Waals surface area contributed by atoms with Crippen LogP contribution in [0.1, 0.15) is 33.6 Å². The topological polar surface area (TPSA) is 70.2 Å². The molecule has 0 N–H and O–H groups in total. The van der Waals surface area contributed by atoms with E-state index in [1.807, 2.05) is 4.90 Å². The Morgan fingerprint density at radius 3 is 2.77 bits per heavy atom. The van der Waals surface area contributed by atoms with Crippen LogP contribution in [0.3, 0.4) is 0 Å². The highest BCUT2D eigenvalue weighted by molar-refractivity contribution is 7.17. The van der Waals surface area contributed by atoms with E-state index in [-0.39, 0.29) is 30.2 Å². The minimum absolute atomic E-state index is 0.0705. The van der Waals surface area contributed by atoms with Crippen LogP contribution >= 0.6 is 11.3 Å². The molecule has 160 valence electrons. The highest BCUT2D eigenvalue weighted by Crippen LogP contribution is 2.46. The molecule has 1 saturated carbocycles. The highest BCUT2D eigenvalue weighted by atomic mass is 32.1. The lowest BCUT2D eigenvalue weighted by Gasteiger charge is -2.31. The van der Waals surface area contributed by atoms with Crippen LogP contribution in [-0.2, 0) is 27.3 Å². The minimum Gasteiger partial charge on any atom is -0.383 e. The number of carbonyl (C=O) groups excluding carboxylic acids is 3. The summed E-state index contributed by atoms with van der Waals surface area (Å²) in [6, 6.07) is 0. The molecule has 1 aromatic heterocycles. The van der Waals surface area contributed by atoms with Crippen LogP contribution in [-0.4, -0.2) is 67.9 Å². The first-order chi connectivity index (χ1) is 14.5. The molecule has 4 aliphatic rings. The van der Waals surface area contributed by atoms with E-state index in [2.05, 4.69) is 12.2 Å². The Bertz CT molecular complexity index is 939. The number of rotatable bonds is 4. The fourth-order valence-corrected chi connectivity index (χ4v) is 6.76. The lowest BCUT2D eigenvalue weighted by molar-refractivity contribution is -0.137. The number of thiophene rings is 1. The minimum atomic E-state index is -0.103. The molecule has 30 heavy (non-hydrogen) atoms. The maximum Gasteiger partial charge on any atom is 0.257 e. The highest BCUT2D eigenvalue weighted by Gasteiger charge is 2.43. The van der Waals surface area contributed by atoms with Gasteiger partial charge in [-0.25, -0.2) is 0 Å². The molecule has 0 spiro atoms. The summed E-state index contributed by atoms with van der Waals surface area (Å²) in [5, 5.41) is 0.716. The van der Waals surface area contributed by atoms with E-state index < -0.39 is 0 Å². The predicted molar refractivity (Wildman–Crippen MR) is 113 cm³/mol. The molecular weight excluding hydrogens is 402 g/mol. The molecule has 5 rings (SSSR count). The van der Waals surface area contributed by atoms with Crippen LogP contribution in [0, 0.1) is 17.8 Å². The third-order valence-corrected chi connectivity index (χ3v) is 8.18. The zero-order valence-electron chi connectivity index (χ0n) is 17.4. The van der Waals surface area contributed by atoms with E-state index in [1.54, 1.807) is 19.1 Å². The van der Waals surface area contributed by atoms with Gasteiger partial charge in [-0.2, -0.15) is 0 Å². The molecule has 0 aromatic carbocycles. The quantitative estimate of drug-likeness (QED) is 0.686. The van der Waals surface area contributed by atoms with E-state index in [1.165, 1.54) is 16.2 Å². The third-order valence-electron chi connectivity index (χ3n) is 6.94. The molecule has 1 aromatic rings. The summed E-state index contributed by atoms with van der Waals surface area (Å²) < 4.78 is 5.19. The molecule has 0 radical (unpaired) electrons. The van der Waals surface area contributed by atoms with Gasteiger partial charge in [-0.3, -0.25) is 19.3 Å². The number of likely N-dealkylation sites (N-methyl/N-ethyl adjacent to an activating group) is 1. The standard InChI is InChI=1S/C22H27N3O4S/c1-23-12-18(26)25(7-8-29-2)22-19(21(23)28)15-5-6-24(11-17(15)30-22)20(27)16-10-13-3-4-14(16)9-13/h3-4,13-14,16H,5-12H2,1-2H3/t13-,14+,16-/m1/s1. The molecule has 8 heteroatoms. The zero-order valence-corrected chi connectivity index (χ0v) is 18.2. The molecule has 3 atom stereocenters. The first-order valence-corrected chi connectivity index (χ1v) is 11.5. The predicted octanol–water partition coefficient (Wildman–Crippen LogP) is 1.91. The maximum atomic E-state index is 13.2. The summed E-state index contributed by atoms with van der Waals surface area (Å²) in [6.45, 7) is 2.07. The van der Waals surface area contributed by atoms with Crippen molar-refractivity contribution >= 4 is 34.1 Å². The van der Waals surface area contributed by atoms with Gasteiger partial charge in [0.15, 0.2) is 0 Å². The van der Waals surface area contributed by atoms with Crippen LogP contribution in [0.4, 0.5) is 5.00 Å². The molecule has 2 aliphatic carbocycles. The van der Waals surface area contributed by atoms with Gasteiger partial charge in [0.1, 0.15) is 11.5 Å². The van der Waals surface area contributed by atoms with E-state index in [9.17, 15) is 14.4 Å². The summed E-state index contributed by atoms with van der Waals surface area (Å²) in [5.74, 6) is 1.11. The summed E-state index contributed by atoms with van der Waals surface area (Å²) in [5.41, 5.74) is 1.66. The first-order valence-electron chi connectivity index (χ1n) is 10.6. The molecule has 3 amide bonds. The molecule has 2 aliphatic heterocycles. The average Bonchev–Trinajstić information content (AvgIpc) is 3.45. The van der Waals surface area contributed by atoms with Crippen LogP contribution < -0.4 is 4.90 Å². The number of hydrogen-bond donors (Lipinski definition) is 0. The van der Waals surface area contributed by atoms with E-state index in [0.29, 0.717) is 55.1 Å².